The molecule has 0 aliphatic rings. The van der Waals surface area contributed by atoms with Gasteiger partial charge in [-0.15, -0.1) is 0 Å². The average molecular weight is 504 g/mol. The fraction of sp³-hybridized carbons (Fsp3) is 0.250. The van der Waals surface area contributed by atoms with Gasteiger partial charge in [-0.05, 0) is 0 Å². The van der Waals surface area contributed by atoms with Crippen LogP contribution in [0.25, 0.3) is 0 Å². The van der Waals surface area contributed by atoms with Crippen LogP contribution in [0, 0.1) is 0 Å². The minimum Gasteiger partial charge on any atom is -0.426 e. The van der Waals surface area contributed by atoms with Crippen molar-refractivity contribution in [3.05, 3.63) is 36.4 Å². The van der Waals surface area contributed by atoms with Crippen LogP contribution in [0.2, 0.25) is 0 Å². The zero-order valence-electron chi connectivity index (χ0n) is 20.4. The first-order valence-corrected chi connectivity index (χ1v) is 10.1. The summed E-state index contributed by atoms with van der Waals surface area (Å²) in [6.07, 6.45) is 0. The normalized spacial score (nSPS) is 9.50. The summed E-state index contributed by atoms with van der Waals surface area (Å²) in [6, 6.07) is 8.06. The van der Waals surface area contributed by atoms with Crippen LogP contribution in [0.4, 0.5) is 0 Å². The van der Waals surface area contributed by atoms with Crippen LogP contribution in [-0.4, -0.2) is 35.8 Å². The van der Waals surface area contributed by atoms with E-state index in [1.165, 1.54) is 77.9 Å². The summed E-state index contributed by atoms with van der Waals surface area (Å²) in [7, 11) is 0. The third-order valence-corrected chi connectivity index (χ3v) is 3.28. The Hall–Kier alpha value is -4.74. The second kappa shape index (κ2) is 13.8. The first kappa shape index (κ1) is 29.3. The van der Waals surface area contributed by atoms with Gasteiger partial charge in [0.1, 0.15) is 34.5 Å². The Morgan fingerprint density at radius 2 is 0.444 bits per heavy atom. The van der Waals surface area contributed by atoms with E-state index in [0.29, 0.717) is 0 Å². The Labute approximate surface area is 206 Å². The molecule has 12 nitrogen and oxygen atoms in total. The van der Waals surface area contributed by atoms with Crippen molar-refractivity contribution < 1.29 is 57.2 Å². The minimum absolute atomic E-state index is 0.123. The Morgan fingerprint density at radius 1 is 0.333 bits per heavy atom. The Bertz CT molecular complexity index is 907. The lowest BCUT2D eigenvalue weighted by atomic mass is 10.3. The van der Waals surface area contributed by atoms with E-state index in [9.17, 15) is 28.8 Å². The summed E-state index contributed by atoms with van der Waals surface area (Å²) >= 11 is 0. The van der Waals surface area contributed by atoms with Gasteiger partial charge in [-0.2, -0.15) is 0 Å². The van der Waals surface area contributed by atoms with Crippen molar-refractivity contribution in [1.29, 1.82) is 0 Å². The molecule has 12 heteroatoms. The average Bonchev–Trinajstić information content (AvgIpc) is 2.64. The highest BCUT2D eigenvalue weighted by Gasteiger charge is 2.10. The van der Waals surface area contributed by atoms with Crippen molar-refractivity contribution in [2.24, 2.45) is 0 Å². The topological polar surface area (TPSA) is 158 Å². The summed E-state index contributed by atoms with van der Waals surface area (Å²) in [4.78, 5) is 65.1. The summed E-state index contributed by atoms with van der Waals surface area (Å²) in [5.41, 5.74) is 0. The summed E-state index contributed by atoms with van der Waals surface area (Å²) in [5, 5.41) is 0. The van der Waals surface area contributed by atoms with Crippen molar-refractivity contribution in [2.75, 3.05) is 0 Å². The maximum atomic E-state index is 10.8. The molecule has 0 radical (unpaired) electrons. The van der Waals surface area contributed by atoms with Crippen LogP contribution in [0.3, 0.4) is 0 Å². The van der Waals surface area contributed by atoms with Crippen molar-refractivity contribution in [3.63, 3.8) is 0 Å². The van der Waals surface area contributed by atoms with E-state index in [0.717, 1.165) is 0 Å². The quantitative estimate of drug-likeness (QED) is 0.419. The second-order valence-corrected chi connectivity index (χ2v) is 6.84. The lowest BCUT2D eigenvalue weighted by Crippen LogP contribution is -2.06. The molecule has 0 atom stereocenters. The number of hydrogen-bond donors (Lipinski definition) is 0. The molecule has 0 heterocycles. The molecule has 0 aliphatic carbocycles. The van der Waals surface area contributed by atoms with Crippen molar-refractivity contribution >= 4 is 35.8 Å². The molecule has 0 saturated carbocycles. The summed E-state index contributed by atoms with van der Waals surface area (Å²) in [6.45, 7) is 7.36. The molecule has 2 rings (SSSR count). The fourth-order valence-corrected chi connectivity index (χ4v) is 2.44. The van der Waals surface area contributed by atoms with Crippen molar-refractivity contribution in [1.82, 2.24) is 0 Å². The standard InChI is InChI=1S/2C12H12O6/c2*1-7(13)16-10-4-11(17-8(2)14)6-12(5-10)18-9(3)15/h2*4-6H,1-3H3. The van der Waals surface area contributed by atoms with Gasteiger partial charge in [0, 0.05) is 77.9 Å². The molecular weight excluding hydrogens is 480 g/mol. The van der Waals surface area contributed by atoms with Crippen LogP contribution in [0.1, 0.15) is 41.5 Å². The zero-order valence-corrected chi connectivity index (χ0v) is 20.4. The molecule has 2 aromatic rings. The van der Waals surface area contributed by atoms with Crippen molar-refractivity contribution in [3.8, 4) is 34.5 Å². The molecule has 0 unspecified atom stereocenters. The molecule has 36 heavy (non-hydrogen) atoms. The zero-order chi connectivity index (χ0) is 27.4. The Kier molecular flexibility index (Phi) is 11.3. The van der Waals surface area contributed by atoms with Gasteiger partial charge in [0.2, 0.25) is 0 Å². The van der Waals surface area contributed by atoms with Gasteiger partial charge in [-0.1, -0.05) is 0 Å². The van der Waals surface area contributed by atoms with E-state index >= 15 is 0 Å². The van der Waals surface area contributed by atoms with E-state index in [1.807, 2.05) is 0 Å². The lowest BCUT2D eigenvalue weighted by molar-refractivity contribution is -0.133. The van der Waals surface area contributed by atoms with E-state index in [-0.39, 0.29) is 34.5 Å². The Balaban J connectivity index is 0.000000360. The number of benzene rings is 2. The van der Waals surface area contributed by atoms with E-state index in [1.54, 1.807) is 0 Å². The van der Waals surface area contributed by atoms with Gasteiger partial charge in [0.05, 0.1) is 0 Å². The smallest absolute Gasteiger partial charge is 0.308 e. The first-order valence-electron chi connectivity index (χ1n) is 10.1. The fourth-order valence-electron chi connectivity index (χ4n) is 2.44. The molecule has 0 spiro atoms. The number of esters is 6. The maximum Gasteiger partial charge on any atom is 0.308 e. The van der Waals surface area contributed by atoms with E-state index in [2.05, 4.69) is 0 Å². The van der Waals surface area contributed by atoms with Crippen LogP contribution in [0.5, 0.6) is 34.5 Å². The van der Waals surface area contributed by atoms with Gasteiger partial charge in [0.15, 0.2) is 0 Å². The predicted octanol–water partition coefficient (Wildman–Crippen LogP) is 2.93. The molecule has 0 fully saturated rings. The highest BCUT2D eigenvalue weighted by Crippen LogP contribution is 2.29. The lowest BCUT2D eigenvalue weighted by Gasteiger charge is -2.08. The largest absolute Gasteiger partial charge is 0.426 e. The van der Waals surface area contributed by atoms with E-state index < -0.39 is 35.8 Å². The number of carbonyl (C=O) groups is 6. The van der Waals surface area contributed by atoms with Crippen molar-refractivity contribution in [2.45, 2.75) is 41.5 Å². The Morgan fingerprint density at radius 3 is 0.528 bits per heavy atom. The molecule has 192 valence electrons. The van der Waals surface area contributed by atoms with Crippen LogP contribution in [0.15, 0.2) is 36.4 Å². The third kappa shape index (κ3) is 12.5. The molecule has 0 amide bonds. The number of rotatable bonds is 6. The number of ether oxygens (including phenoxy) is 6. The molecule has 0 N–H and O–H groups in total. The van der Waals surface area contributed by atoms with Gasteiger partial charge in [-0.3, -0.25) is 28.8 Å². The minimum atomic E-state index is -0.538. The third-order valence-electron chi connectivity index (χ3n) is 3.28. The highest BCUT2D eigenvalue weighted by molar-refractivity contribution is 5.74. The predicted molar refractivity (Wildman–Crippen MR) is 121 cm³/mol. The number of carbonyl (C=O) groups excluding carboxylic acids is 6. The molecular formula is C24H24O12. The molecule has 0 bridgehead atoms. The van der Waals surface area contributed by atoms with Crippen LogP contribution < -0.4 is 28.4 Å². The van der Waals surface area contributed by atoms with Gasteiger partial charge in [-0.25, -0.2) is 0 Å². The van der Waals surface area contributed by atoms with Gasteiger partial charge in [0.25, 0.3) is 0 Å². The van der Waals surface area contributed by atoms with Crippen LogP contribution >= 0.6 is 0 Å². The van der Waals surface area contributed by atoms with Crippen LogP contribution in [-0.2, 0) is 28.8 Å². The molecule has 2 aromatic carbocycles. The molecule has 0 aliphatic heterocycles. The summed E-state index contributed by atoms with van der Waals surface area (Å²) in [5.74, 6) is -2.49. The van der Waals surface area contributed by atoms with Gasteiger partial charge < -0.3 is 28.4 Å². The van der Waals surface area contributed by atoms with E-state index in [4.69, 9.17) is 28.4 Å². The monoisotopic (exact) mass is 504 g/mol. The molecule has 0 aromatic heterocycles. The highest BCUT2D eigenvalue weighted by atomic mass is 16.6. The van der Waals surface area contributed by atoms with Gasteiger partial charge >= 0.3 is 35.8 Å². The SMILES string of the molecule is CC(=O)Oc1cc(OC(C)=O)cc(OC(C)=O)c1.CC(=O)Oc1cc(OC(C)=O)cc(OC(C)=O)c1. The first-order chi connectivity index (χ1) is 16.7. The molecule has 0 saturated heterocycles. The summed E-state index contributed by atoms with van der Waals surface area (Å²) < 4.78 is 29.0. The maximum absolute atomic E-state index is 10.8. The number of hydrogen-bond acceptors (Lipinski definition) is 12. The second-order valence-electron chi connectivity index (χ2n) is 6.84.